The molecule has 134 valence electrons. The summed E-state index contributed by atoms with van der Waals surface area (Å²) in [4.78, 5) is 15.3. The van der Waals surface area contributed by atoms with Gasteiger partial charge in [-0.2, -0.15) is 0 Å². The molecule has 0 fully saturated rings. The van der Waals surface area contributed by atoms with Crippen LogP contribution < -0.4 is 10.2 Å². The summed E-state index contributed by atoms with van der Waals surface area (Å²) in [5.74, 6) is 2.48. The van der Waals surface area contributed by atoms with Crippen molar-refractivity contribution in [3.8, 4) is 0 Å². The largest absolute Gasteiger partial charge is 0.359 e. The lowest BCUT2D eigenvalue weighted by Crippen LogP contribution is -2.22. The molecule has 5 nitrogen and oxygen atoms in total. The van der Waals surface area contributed by atoms with Crippen molar-refractivity contribution < 1.29 is 0 Å². The zero-order valence-electron chi connectivity index (χ0n) is 15.8. The van der Waals surface area contributed by atoms with Gasteiger partial charge in [0.15, 0.2) is 0 Å². The molecule has 1 aromatic carbocycles. The molecule has 0 aliphatic heterocycles. The smallest absolute Gasteiger partial charge is 0.136 e. The van der Waals surface area contributed by atoms with E-state index in [1.165, 1.54) is 16.7 Å². The summed E-state index contributed by atoms with van der Waals surface area (Å²) in [5, 5.41) is 3.40. The number of hydrogen-bond acceptors (Lipinski definition) is 5. The number of benzene rings is 1. The van der Waals surface area contributed by atoms with Gasteiger partial charge in [0, 0.05) is 37.7 Å². The minimum Gasteiger partial charge on any atom is -0.359 e. The van der Waals surface area contributed by atoms with Crippen LogP contribution in [0.3, 0.4) is 0 Å². The van der Waals surface area contributed by atoms with Gasteiger partial charge in [-0.3, -0.25) is 4.98 Å². The lowest BCUT2D eigenvalue weighted by molar-refractivity contribution is 0.848. The summed E-state index contributed by atoms with van der Waals surface area (Å²) < 4.78 is 0. The quantitative estimate of drug-likeness (QED) is 0.723. The van der Waals surface area contributed by atoms with Gasteiger partial charge >= 0.3 is 0 Å². The van der Waals surface area contributed by atoms with Crippen molar-refractivity contribution >= 4 is 17.3 Å². The Balaban J connectivity index is 1.73. The summed E-state index contributed by atoms with van der Waals surface area (Å²) in [6.07, 6.45) is 4.60. The van der Waals surface area contributed by atoms with Crippen LogP contribution in [0.15, 0.2) is 48.8 Å². The molecule has 0 spiro atoms. The monoisotopic (exact) mass is 347 g/mol. The first-order valence-electron chi connectivity index (χ1n) is 8.81. The third-order valence-electron chi connectivity index (χ3n) is 4.48. The van der Waals surface area contributed by atoms with E-state index in [-0.39, 0.29) is 0 Å². The Morgan fingerprint density at radius 2 is 1.69 bits per heavy atom. The van der Waals surface area contributed by atoms with Crippen molar-refractivity contribution in [2.45, 2.75) is 27.2 Å². The maximum Gasteiger partial charge on any atom is 0.136 e. The standard InChI is InChI=1S/C21H25N5/c1-15-5-6-19(13-16(15)2)25-20-14-21(24-17(3)23-20)26(4)12-9-18-7-10-22-11-8-18/h5-8,10-11,13-14H,9,12H2,1-4H3,(H,23,24,25). The number of rotatable bonds is 6. The number of hydrogen-bond donors (Lipinski definition) is 1. The van der Waals surface area contributed by atoms with Gasteiger partial charge < -0.3 is 10.2 Å². The molecule has 0 unspecified atom stereocenters. The molecule has 2 aromatic heterocycles. The van der Waals surface area contributed by atoms with Crippen molar-refractivity contribution in [1.82, 2.24) is 15.0 Å². The first-order valence-corrected chi connectivity index (χ1v) is 8.81. The highest BCUT2D eigenvalue weighted by Gasteiger charge is 2.08. The molecule has 0 amide bonds. The average molecular weight is 347 g/mol. The van der Waals surface area contributed by atoms with E-state index in [9.17, 15) is 0 Å². The van der Waals surface area contributed by atoms with E-state index in [1.807, 2.05) is 37.5 Å². The highest BCUT2D eigenvalue weighted by atomic mass is 15.2. The number of nitrogens with one attached hydrogen (secondary N) is 1. The topological polar surface area (TPSA) is 53.9 Å². The zero-order valence-corrected chi connectivity index (χ0v) is 15.8. The summed E-state index contributed by atoms with van der Waals surface area (Å²) in [7, 11) is 2.06. The third-order valence-corrected chi connectivity index (χ3v) is 4.48. The van der Waals surface area contributed by atoms with Crippen molar-refractivity contribution in [3.05, 3.63) is 71.3 Å². The molecule has 0 aliphatic rings. The number of nitrogens with zero attached hydrogens (tertiary/aromatic N) is 4. The number of anilines is 3. The molecule has 0 saturated carbocycles. The highest BCUT2D eigenvalue weighted by molar-refractivity contribution is 5.61. The zero-order chi connectivity index (χ0) is 18.5. The van der Waals surface area contributed by atoms with Gasteiger partial charge in [-0.15, -0.1) is 0 Å². The fourth-order valence-electron chi connectivity index (χ4n) is 2.74. The van der Waals surface area contributed by atoms with Crippen LogP contribution in [0, 0.1) is 20.8 Å². The Morgan fingerprint density at radius 1 is 0.923 bits per heavy atom. The van der Waals surface area contributed by atoms with Crippen molar-refractivity contribution in [2.24, 2.45) is 0 Å². The molecule has 0 aliphatic carbocycles. The maximum atomic E-state index is 4.58. The van der Waals surface area contributed by atoms with E-state index in [0.29, 0.717) is 0 Å². The fraction of sp³-hybridized carbons (Fsp3) is 0.286. The van der Waals surface area contributed by atoms with E-state index in [0.717, 1.165) is 36.1 Å². The van der Waals surface area contributed by atoms with Crippen LogP contribution in [0.1, 0.15) is 22.5 Å². The second-order valence-electron chi connectivity index (χ2n) is 6.61. The van der Waals surface area contributed by atoms with Crippen LogP contribution in [0.2, 0.25) is 0 Å². The second-order valence-corrected chi connectivity index (χ2v) is 6.61. The van der Waals surface area contributed by atoms with Gasteiger partial charge in [0.05, 0.1) is 0 Å². The molecular formula is C21H25N5. The molecular weight excluding hydrogens is 322 g/mol. The minimum atomic E-state index is 0.754. The van der Waals surface area contributed by atoms with Gasteiger partial charge in [0.2, 0.25) is 0 Å². The van der Waals surface area contributed by atoms with E-state index in [1.54, 1.807) is 0 Å². The molecule has 3 aromatic rings. The van der Waals surface area contributed by atoms with E-state index in [2.05, 4.69) is 64.3 Å². The van der Waals surface area contributed by atoms with Crippen molar-refractivity contribution in [3.63, 3.8) is 0 Å². The highest BCUT2D eigenvalue weighted by Crippen LogP contribution is 2.21. The predicted molar refractivity (Wildman–Crippen MR) is 107 cm³/mol. The average Bonchev–Trinajstić information content (AvgIpc) is 2.63. The number of aromatic nitrogens is 3. The Kier molecular flexibility index (Phi) is 5.46. The molecule has 0 radical (unpaired) electrons. The molecule has 26 heavy (non-hydrogen) atoms. The third kappa shape index (κ3) is 4.57. The Bertz CT molecular complexity index is 877. The molecule has 0 bridgehead atoms. The molecule has 3 rings (SSSR count). The maximum absolute atomic E-state index is 4.58. The molecule has 0 atom stereocenters. The number of pyridine rings is 1. The predicted octanol–water partition coefficient (Wildman–Crippen LogP) is 4.22. The molecule has 2 heterocycles. The molecule has 5 heteroatoms. The summed E-state index contributed by atoms with van der Waals surface area (Å²) >= 11 is 0. The summed E-state index contributed by atoms with van der Waals surface area (Å²) in [6.45, 7) is 7.03. The number of aryl methyl sites for hydroxylation is 3. The second kappa shape index (κ2) is 7.95. The normalized spacial score (nSPS) is 10.6. The Labute approximate surface area is 155 Å². The summed E-state index contributed by atoms with van der Waals surface area (Å²) in [6, 6.07) is 12.4. The number of likely N-dealkylation sites (N-methyl/N-ethyl adjacent to an activating group) is 1. The molecule has 1 N–H and O–H groups in total. The van der Waals surface area contributed by atoms with Crippen LogP contribution in [-0.4, -0.2) is 28.5 Å². The van der Waals surface area contributed by atoms with Crippen LogP contribution in [-0.2, 0) is 6.42 Å². The lowest BCUT2D eigenvalue weighted by atomic mass is 10.1. The van der Waals surface area contributed by atoms with Gasteiger partial charge in [0.25, 0.3) is 0 Å². The first kappa shape index (κ1) is 17.9. The lowest BCUT2D eigenvalue weighted by Gasteiger charge is -2.19. The van der Waals surface area contributed by atoms with Crippen LogP contribution in [0.25, 0.3) is 0 Å². The van der Waals surface area contributed by atoms with Gasteiger partial charge in [-0.25, -0.2) is 9.97 Å². The van der Waals surface area contributed by atoms with E-state index < -0.39 is 0 Å². The SMILES string of the molecule is Cc1nc(Nc2ccc(C)c(C)c2)cc(N(C)CCc2ccncc2)n1. The van der Waals surface area contributed by atoms with E-state index >= 15 is 0 Å². The Morgan fingerprint density at radius 3 is 2.42 bits per heavy atom. The van der Waals surface area contributed by atoms with Crippen LogP contribution in [0.4, 0.5) is 17.3 Å². The van der Waals surface area contributed by atoms with Gasteiger partial charge in [0.1, 0.15) is 17.5 Å². The van der Waals surface area contributed by atoms with Crippen LogP contribution in [0.5, 0.6) is 0 Å². The van der Waals surface area contributed by atoms with E-state index in [4.69, 9.17) is 0 Å². The Hall–Kier alpha value is -2.95. The van der Waals surface area contributed by atoms with Gasteiger partial charge in [-0.1, -0.05) is 6.07 Å². The first-order chi connectivity index (χ1) is 12.5. The fourth-order valence-corrected chi connectivity index (χ4v) is 2.74. The van der Waals surface area contributed by atoms with Crippen molar-refractivity contribution in [2.75, 3.05) is 23.8 Å². The van der Waals surface area contributed by atoms with Crippen LogP contribution >= 0.6 is 0 Å². The minimum absolute atomic E-state index is 0.754. The summed E-state index contributed by atoms with van der Waals surface area (Å²) in [5.41, 5.74) is 4.85. The van der Waals surface area contributed by atoms with Crippen molar-refractivity contribution in [1.29, 1.82) is 0 Å². The molecule has 0 saturated heterocycles. The van der Waals surface area contributed by atoms with Gasteiger partial charge in [-0.05, 0) is 68.1 Å².